The van der Waals surface area contributed by atoms with Gasteiger partial charge >= 0.3 is 11.9 Å². The Kier molecular flexibility index (Phi) is 7.99. The monoisotopic (exact) mass is 679 g/mol. The summed E-state index contributed by atoms with van der Waals surface area (Å²) in [5.74, 6) is 0.0637. The number of carbonyl (C=O) groups excluding carboxylic acids is 2. The van der Waals surface area contributed by atoms with Crippen LogP contribution in [0.5, 0.6) is 11.5 Å². The first-order valence-corrected chi connectivity index (χ1v) is 14.7. The van der Waals surface area contributed by atoms with E-state index in [4.69, 9.17) is 28.4 Å². The van der Waals surface area contributed by atoms with Gasteiger partial charge in [0.1, 0.15) is 27.1 Å². The Morgan fingerprint density at radius 2 is 1.76 bits per heavy atom. The molecule has 1 fully saturated rings. The molecule has 0 aliphatic carbocycles. The Morgan fingerprint density at radius 1 is 1.10 bits per heavy atom. The van der Waals surface area contributed by atoms with Gasteiger partial charge in [-0.25, -0.2) is 0 Å². The largest absolute Gasteiger partial charge is 0.496 e. The van der Waals surface area contributed by atoms with Gasteiger partial charge in [-0.05, 0) is 32.9 Å². The van der Waals surface area contributed by atoms with Crippen molar-refractivity contribution in [1.29, 1.82) is 0 Å². The van der Waals surface area contributed by atoms with Crippen LogP contribution in [0.1, 0.15) is 40.2 Å². The van der Waals surface area contributed by atoms with Crippen LogP contribution in [0.3, 0.4) is 0 Å². The lowest BCUT2D eigenvalue weighted by Crippen LogP contribution is -2.60. The van der Waals surface area contributed by atoms with Gasteiger partial charge in [0.25, 0.3) is 0 Å². The molecule has 3 aromatic rings. The molecule has 1 aromatic heterocycles. The van der Waals surface area contributed by atoms with Crippen LogP contribution in [-0.2, 0) is 42.0 Å². The molecule has 0 spiro atoms. The van der Waals surface area contributed by atoms with Crippen LogP contribution in [-0.4, -0.2) is 63.8 Å². The number of rotatable bonds is 5. The van der Waals surface area contributed by atoms with E-state index in [0.29, 0.717) is 34.2 Å². The predicted octanol–water partition coefficient (Wildman–Crippen LogP) is 4.21. The maximum absolute atomic E-state index is 13.7. The number of fused-ring (bicyclic) bond motifs is 4. The summed E-state index contributed by atoms with van der Waals surface area (Å²) in [4.78, 5) is 37.4. The first-order chi connectivity index (χ1) is 19.3. The molecule has 3 heterocycles. The average molecular weight is 680 g/mol. The zero-order valence-electron chi connectivity index (χ0n) is 24.1. The molecular formula is C30H34INO9. The molecule has 220 valence electrons. The van der Waals surface area contributed by atoms with Gasteiger partial charge in [0.15, 0.2) is 18.5 Å². The number of pyridine rings is 1. The highest BCUT2D eigenvalue weighted by molar-refractivity contribution is 14.1. The van der Waals surface area contributed by atoms with E-state index in [1.54, 1.807) is 20.1 Å². The topological polar surface area (TPSA) is 112 Å². The Labute approximate surface area is 251 Å². The van der Waals surface area contributed by atoms with E-state index in [1.807, 2.05) is 49.7 Å². The third-order valence-corrected chi connectivity index (χ3v) is 9.07. The van der Waals surface area contributed by atoms with Crippen molar-refractivity contribution in [2.45, 2.75) is 81.3 Å². The van der Waals surface area contributed by atoms with Gasteiger partial charge in [-0.1, -0.05) is 34.7 Å². The molecule has 0 unspecified atom stereocenters. The number of carbonyl (C=O) groups is 2. The fraction of sp³-hybridized carbons (Fsp3) is 0.500. The number of aryl methyl sites for hydroxylation is 1. The molecule has 1 saturated heterocycles. The van der Waals surface area contributed by atoms with Crippen molar-refractivity contribution >= 4 is 56.3 Å². The normalized spacial score (nSPS) is 27.1. The molecule has 0 bridgehead atoms. The van der Waals surface area contributed by atoms with Gasteiger partial charge in [-0.3, -0.25) is 14.4 Å². The summed E-state index contributed by atoms with van der Waals surface area (Å²) in [5.41, 5.74) is 1.41. The van der Waals surface area contributed by atoms with E-state index in [-0.39, 0.29) is 5.43 Å². The Balaban J connectivity index is 1.56. The van der Waals surface area contributed by atoms with Crippen LogP contribution < -0.4 is 14.9 Å². The Morgan fingerprint density at radius 3 is 2.41 bits per heavy atom. The molecule has 5 rings (SSSR count). The molecule has 2 aliphatic heterocycles. The molecule has 2 aromatic carbocycles. The third-order valence-electron chi connectivity index (χ3n) is 7.77. The first-order valence-electron chi connectivity index (χ1n) is 13.4. The zero-order valence-corrected chi connectivity index (χ0v) is 26.2. The number of hydrogen-bond acceptors (Lipinski definition) is 9. The van der Waals surface area contributed by atoms with Crippen molar-refractivity contribution in [1.82, 2.24) is 4.57 Å². The van der Waals surface area contributed by atoms with Crippen molar-refractivity contribution < 1.29 is 38.0 Å². The lowest BCUT2D eigenvalue weighted by atomic mass is 9.88. The molecule has 0 N–H and O–H groups in total. The standard InChI is InChI=1S/C30H34INO9/c1-14-27(38-15(2)33)28(39-16(3)34)24(31)29(37-14)40-22-12-18-20(41-30(22,4)5)13-21(36-7)23-25(18)32(6)19-11-9-8-10-17(19)26(23)35/h8-11,13-14,22,24,27-29H,12H2,1-7H3/t14-,22-,24+,27-,28-,29-/m0/s1. The van der Waals surface area contributed by atoms with Gasteiger partial charge in [-0.2, -0.15) is 0 Å². The van der Waals surface area contributed by atoms with Crippen LogP contribution in [0.25, 0.3) is 21.8 Å². The number of ether oxygens (including phenoxy) is 6. The zero-order chi connectivity index (χ0) is 29.8. The minimum Gasteiger partial charge on any atom is -0.496 e. The second kappa shape index (κ2) is 11.1. The summed E-state index contributed by atoms with van der Waals surface area (Å²) in [6.07, 6.45) is -3.05. The number of esters is 2. The fourth-order valence-corrected chi connectivity index (χ4v) is 6.72. The second-order valence-electron chi connectivity index (χ2n) is 11.0. The second-order valence-corrected chi connectivity index (χ2v) is 12.5. The minimum absolute atomic E-state index is 0.117. The molecule has 0 amide bonds. The highest BCUT2D eigenvalue weighted by atomic mass is 127. The van der Waals surface area contributed by atoms with Crippen molar-refractivity contribution in [3.63, 3.8) is 0 Å². The van der Waals surface area contributed by atoms with E-state index >= 15 is 0 Å². The molecule has 2 aliphatic rings. The maximum atomic E-state index is 13.7. The van der Waals surface area contributed by atoms with E-state index in [1.165, 1.54) is 13.8 Å². The number of benzene rings is 2. The SMILES string of the molecule is COc1cc2c(c3c1c(=O)c1ccccc1n3C)C[C@H](O[C@@H]1O[C@@H](C)[C@H](OC(C)=O)[C@@H](OC(C)=O)[C@H]1I)C(C)(C)O2. The maximum Gasteiger partial charge on any atom is 0.303 e. The third kappa shape index (κ3) is 5.27. The van der Waals surface area contributed by atoms with Gasteiger partial charge in [0.05, 0.1) is 29.6 Å². The fourth-order valence-electron chi connectivity index (χ4n) is 5.82. The molecule has 11 heteroatoms. The van der Waals surface area contributed by atoms with Gasteiger partial charge in [0.2, 0.25) is 5.43 Å². The Bertz CT molecular complexity index is 1580. The molecule has 0 saturated carbocycles. The van der Waals surface area contributed by atoms with Gasteiger partial charge in [-0.15, -0.1) is 0 Å². The molecule has 41 heavy (non-hydrogen) atoms. The van der Waals surface area contributed by atoms with Crippen LogP contribution in [0.4, 0.5) is 0 Å². The van der Waals surface area contributed by atoms with Crippen molar-refractivity contribution in [3.8, 4) is 11.5 Å². The molecule has 6 atom stereocenters. The lowest BCUT2D eigenvalue weighted by molar-refractivity contribution is -0.273. The number of alkyl halides is 1. The van der Waals surface area contributed by atoms with E-state index in [9.17, 15) is 14.4 Å². The van der Waals surface area contributed by atoms with Crippen molar-refractivity contribution in [2.24, 2.45) is 7.05 Å². The van der Waals surface area contributed by atoms with Crippen molar-refractivity contribution in [3.05, 3.63) is 46.1 Å². The predicted molar refractivity (Wildman–Crippen MR) is 160 cm³/mol. The smallest absolute Gasteiger partial charge is 0.303 e. The number of aromatic nitrogens is 1. The summed E-state index contributed by atoms with van der Waals surface area (Å²) in [6, 6.07) is 9.24. The van der Waals surface area contributed by atoms with E-state index in [0.717, 1.165) is 11.1 Å². The quantitative estimate of drug-likeness (QED) is 0.170. The molecular weight excluding hydrogens is 645 g/mol. The van der Waals surface area contributed by atoms with Crippen molar-refractivity contribution in [2.75, 3.05) is 7.11 Å². The van der Waals surface area contributed by atoms with Gasteiger partial charge < -0.3 is 33.0 Å². The molecule has 10 nitrogen and oxygen atoms in total. The number of para-hydroxylation sites is 1. The summed E-state index contributed by atoms with van der Waals surface area (Å²) >= 11 is 2.12. The number of hydrogen-bond donors (Lipinski definition) is 0. The number of nitrogens with zero attached hydrogens (tertiary/aromatic N) is 1. The van der Waals surface area contributed by atoms with Crippen LogP contribution in [0.2, 0.25) is 0 Å². The van der Waals surface area contributed by atoms with Gasteiger partial charge in [0, 0.05) is 44.3 Å². The van der Waals surface area contributed by atoms with Crippen LogP contribution in [0.15, 0.2) is 35.1 Å². The first kappa shape index (κ1) is 29.6. The number of halogens is 1. The summed E-state index contributed by atoms with van der Waals surface area (Å²) in [6.45, 7) is 8.22. The highest BCUT2D eigenvalue weighted by Crippen LogP contribution is 2.44. The molecule has 0 radical (unpaired) electrons. The highest BCUT2D eigenvalue weighted by Gasteiger charge is 2.50. The van der Waals surface area contributed by atoms with E-state index in [2.05, 4.69) is 22.6 Å². The van der Waals surface area contributed by atoms with E-state index < -0.39 is 52.2 Å². The van der Waals surface area contributed by atoms with Crippen LogP contribution in [0, 0.1) is 0 Å². The summed E-state index contributed by atoms with van der Waals surface area (Å²) < 4.78 is 37.6. The summed E-state index contributed by atoms with van der Waals surface area (Å²) in [5, 5.41) is 1.07. The number of methoxy groups -OCH3 is 1. The van der Waals surface area contributed by atoms with Crippen LogP contribution >= 0.6 is 22.6 Å². The lowest BCUT2D eigenvalue weighted by Gasteiger charge is -2.46. The average Bonchev–Trinajstić information content (AvgIpc) is 2.90. The Hall–Kier alpha value is -2.90. The minimum atomic E-state index is -0.801. The summed E-state index contributed by atoms with van der Waals surface area (Å²) in [7, 11) is 3.46.